The van der Waals surface area contributed by atoms with Crippen molar-refractivity contribution in [2.24, 2.45) is 0 Å². The fourth-order valence-electron chi connectivity index (χ4n) is 7.64. The molecule has 0 spiro atoms. The number of aliphatic hydroxyl groups is 1. The van der Waals surface area contributed by atoms with E-state index in [9.17, 15) is 19.4 Å². The van der Waals surface area contributed by atoms with Crippen molar-refractivity contribution in [3.05, 3.63) is 36.5 Å². The number of rotatable bonds is 48. The third-order valence-corrected chi connectivity index (χ3v) is 12.8. The van der Waals surface area contributed by atoms with Crippen LogP contribution in [0.2, 0.25) is 0 Å². The Morgan fingerprint density at radius 2 is 0.887 bits per heavy atom. The number of hydrogen-bond acceptors (Lipinski definition) is 5. The first kappa shape index (κ1) is 60.7. The number of amides is 1. The molecule has 0 fully saturated rings. The fraction of sp³-hybridized carbons (Fsp3) is 0.868. The molecule has 0 aliphatic rings. The SMILES string of the molecule is CCCCCCCCCCC/C=C\CCCCCCCC(=O)NC(COP(=O)(O)OCC[N+](C)(C)C)C(O)/C=C/CC/C=C/CCCCCCCCCCCCCCCCCC. The maximum atomic E-state index is 12.9. The molecular weight excluding hydrogens is 792 g/mol. The van der Waals surface area contributed by atoms with Gasteiger partial charge in [-0.05, 0) is 57.8 Å². The third-order valence-electron chi connectivity index (χ3n) is 11.8. The summed E-state index contributed by atoms with van der Waals surface area (Å²) in [5.41, 5.74) is 0. The number of phosphoric ester groups is 1. The molecule has 0 aliphatic carbocycles. The van der Waals surface area contributed by atoms with Gasteiger partial charge in [0.2, 0.25) is 5.91 Å². The molecule has 0 aromatic rings. The smallest absolute Gasteiger partial charge is 0.387 e. The molecule has 3 N–H and O–H groups in total. The lowest BCUT2D eigenvalue weighted by atomic mass is 10.0. The van der Waals surface area contributed by atoms with Gasteiger partial charge in [-0.25, -0.2) is 4.57 Å². The maximum absolute atomic E-state index is 12.9. The summed E-state index contributed by atoms with van der Waals surface area (Å²) in [5, 5.41) is 13.9. The highest BCUT2D eigenvalue weighted by atomic mass is 31.2. The predicted octanol–water partition coefficient (Wildman–Crippen LogP) is 15.4. The lowest BCUT2D eigenvalue weighted by molar-refractivity contribution is -0.870. The van der Waals surface area contributed by atoms with Crippen LogP contribution in [0.5, 0.6) is 0 Å². The van der Waals surface area contributed by atoms with Crippen LogP contribution >= 0.6 is 7.82 Å². The van der Waals surface area contributed by atoms with E-state index in [0.717, 1.165) is 51.4 Å². The van der Waals surface area contributed by atoms with E-state index < -0.39 is 20.0 Å². The Kier molecular flexibility index (Phi) is 44.0. The number of nitrogens with one attached hydrogen (secondary N) is 1. The first-order valence-corrected chi connectivity index (χ1v) is 27.9. The number of quaternary nitrogens is 1. The first-order chi connectivity index (χ1) is 30.0. The molecule has 0 aromatic heterocycles. The second kappa shape index (κ2) is 44.9. The van der Waals surface area contributed by atoms with Gasteiger partial charge in [-0.1, -0.05) is 217 Å². The normalized spacial score (nSPS) is 14.4. The van der Waals surface area contributed by atoms with Crippen LogP contribution in [-0.2, 0) is 18.4 Å². The van der Waals surface area contributed by atoms with Crippen molar-refractivity contribution in [1.29, 1.82) is 0 Å². The molecule has 0 saturated heterocycles. The van der Waals surface area contributed by atoms with Crippen LogP contribution in [0.25, 0.3) is 0 Å². The van der Waals surface area contributed by atoms with E-state index in [-0.39, 0.29) is 19.1 Å². The van der Waals surface area contributed by atoms with Gasteiger partial charge >= 0.3 is 7.82 Å². The lowest BCUT2D eigenvalue weighted by Gasteiger charge is -2.25. The molecular formula is C53H104N2O6P+. The summed E-state index contributed by atoms with van der Waals surface area (Å²) in [7, 11) is 1.55. The average Bonchev–Trinajstić information content (AvgIpc) is 3.23. The van der Waals surface area contributed by atoms with Gasteiger partial charge in [-0.15, -0.1) is 0 Å². The molecule has 0 aromatic carbocycles. The number of likely N-dealkylation sites (N-methyl/N-ethyl adjacent to an activating group) is 1. The van der Waals surface area contributed by atoms with Crippen LogP contribution in [0.1, 0.15) is 245 Å². The highest BCUT2D eigenvalue weighted by Gasteiger charge is 2.27. The number of phosphoric acid groups is 1. The second-order valence-electron chi connectivity index (χ2n) is 19.2. The molecule has 3 atom stereocenters. The Balaban J connectivity index is 4.35. The minimum Gasteiger partial charge on any atom is -0.387 e. The van der Waals surface area contributed by atoms with Crippen molar-refractivity contribution in [1.82, 2.24) is 5.32 Å². The zero-order valence-electron chi connectivity index (χ0n) is 41.6. The van der Waals surface area contributed by atoms with Crippen LogP contribution in [0, 0.1) is 0 Å². The van der Waals surface area contributed by atoms with E-state index in [2.05, 4.69) is 43.5 Å². The van der Waals surface area contributed by atoms with Crippen molar-refractivity contribution in [2.45, 2.75) is 257 Å². The Hall–Kier alpha value is -1.28. The fourth-order valence-corrected chi connectivity index (χ4v) is 8.38. The predicted molar refractivity (Wildman–Crippen MR) is 268 cm³/mol. The van der Waals surface area contributed by atoms with Crippen LogP contribution in [0.15, 0.2) is 36.5 Å². The number of carbonyl (C=O) groups is 1. The zero-order chi connectivity index (χ0) is 45.7. The topological polar surface area (TPSA) is 105 Å². The minimum absolute atomic E-state index is 0.0550. The molecule has 8 nitrogen and oxygen atoms in total. The van der Waals surface area contributed by atoms with E-state index in [1.165, 1.54) is 173 Å². The van der Waals surface area contributed by atoms with Crippen LogP contribution < -0.4 is 5.32 Å². The zero-order valence-corrected chi connectivity index (χ0v) is 42.5. The van der Waals surface area contributed by atoms with E-state index in [0.29, 0.717) is 17.4 Å². The number of nitrogens with zero attached hydrogens (tertiary/aromatic N) is 1. The van der Waals surface area contributed by atoms with Crippen molar-refractivity contribution in [2.75, 3.05) is 40.9 Å². The third kappa shape index (κ3) is 46.7. The Morgan fingerprint density at radius 3 is 1.29 bits per heavy atom. The molecule has 62 heavy (non-hydrogen) atoms. The van der Waals surface area contributed by atoms with Crippen molar-refractivity contribution < 1.29 is 32.9 Å². The van der Waals surface area contributed by atoms with Crippen LogP contribution in [-0.4, -0.2) is 73.4 Å². The van der Waals surface area contributed by atoms with Crippen molar-refractivity contribution in [3.63, 3.8) is 0 Å². The Bertz CT molecular complexity index is 1110. The molecule has 0 heterocycles. The van der Waals surface area contributed by atoms with Gasteiger partial charge in [-0.2, -0.15) is 0 Å². The van der Waals surface area contributed by atoms with E-state index in [4.69, 9.17) is 9.05 Å². The summed E-state index contributed by atoms with van der Waals surface area (Å²) in [6.07, 6.45) is 56.6. The quantitative estimate of drug-likeness (QED) is 0.0243. The summed E-state index contributed by atoms with van der Waals surface area (Å²) in [6, 6.07) is -0.867. The summed E-state index contributed by atoms with van der Waals surface area (Å²) >= 11 is 0. The molecule has 9 heteroatoms. The van der Waals surface area contributed by atoms with Gasteiger partial charge < -0.3 is 19.8 Å². The molecule has 0 saturated carbocycles. The van der Waals surface area contributed by atoms with Gasteiger partial charge in [0.15, 0.2) is 0 Å². The van der Waals surface area contributed by atoms with Crippen molar-refractivity contribution in [3.8, 4) is 0 Å². The van der Waals surface area contributed by atoms with Gasteiger partial charge in [0, 0.05) is 6.42 Å². The molecule has 0 rings (SSSR count). The monoisotopic (exact) mass is 896 g/mol. The largest absolute Gasteiger partial charge is 0.472 e. The molecule has 3 unspecified atom stereocenters. The molecule has 0 bridgehead atoms. The Morgan fingerprint density at radius 1 is 0.532 bits per heavy atom. The molecule has 0 radical (unpaired) electrons. The minimum atomic E-state index is -4.35. The lowest BCUT2D eigenvalue weighted by Crippen LogP contribution is -2.45. The van der Waals surface area contributed by atoms with E-state index >= 15 is 0 Å². The van der Waals surface area contributed by atoms with Gasteiger partial charge in [-0.3, -0.25) is 13.8 Å². The van der Waals surface area contributed by atoms with Gasteiger partial charge in [0.1, 0.15) is 13.2 Å². The number of carbonyl (C=O) groups excluding carboxylic acids is 1. The van der Waals surface area contributed by atoms with E-state index in [1.807, 2.05) is 27.2 Å². The molecule has 0 aliphatic heterocycles. The summed E-state index contributed by atoms with van der Waals surface area (Å²) in [4.78, 5) is 23.2. The number of aliphatic hydroxyl groups excluding tert-OH is 1. The maximum Gasteiger partial charge on any atom is 0.472 e. The summed E-state index contributed by atoms with van der Waals surface area (Å²) in [6.45, 7) is 4.81. The number of allylic oxidation sites excluding steroid dienone is 5. The standard InChI is InChI=1S/C53H103N2O6P/c1-6-8-10-12-14-16-18-20-22-24-26-27-28-29-30-32-34-36-38-40-42-44-46-52(56)51(50-61-62(58,59)60-49-48-55(3,4)5)54-53(57)47-45-43-41-39-37-35-33-31-25-23-21-19-17-15-13-11-9-7-2/h31,33,36,38,44,46,51-52,56H,6-30,32,34-35,37,39-43,45,47-50H2,1-5H3,(H-,54,57,58,59)/p+1/b33-31-,38-36+,46-44+. The van der Waals surface area contributed by atoms with Crippen LogP contribution in [0.4, 0.5) is 0 Å². The number of unbranched alkanes of at least 4 members (excludes halogenated alkanes) is 31. The average molecular weight is 896 g/mol. The number of hydrogen-bond donors (Lipinski definition) is 3. The van der Waals surface area contributed by atoms with Crippen molar-refractivity contribution >= 4 is 13.7 Å². The van der Waals surface area contributed by atoms with Crippen LogP contribution in [0.3, 0.4) is 0 Å². The van der Waals surface area contributed by atoms with Gasteiger partial charge in [0.05, 0.1) is 39.9 Å². The summed E-state index contributed by atoms with van der Waals surface area (Å²) < 4.78 is 23.6. The highest BCUT2D eigenvalue weighted by Crippen LogP contribution is 2.43. The van der Waals surface area contributed by atoms with E-state index in [1.54, 1.807) is 6.08 Å². The Labute approximate surface area is 385 Å². The van der Waals surface area contributed by atoms with Gasteiger partial charge in [0.25, 0.3) is 0 Å². The highest BCUT2D eigenvalue weighted by molar-refractivity contribution is 7.47. The summed E-state index contributed by atoms with van der Waals surface area (Å²) in [5.74, 6) is -0.193. The molecule has 1 amide bonds. The second-order valence-corrected chi connectivity index (χ2v) is 20.7. The first-order valence-electron chi connectivity index (χ1n) is 26.4. The molecule has 366 valence electrons.